The standard InChI is InChI=1S/C13H18N2O/c1-9-4-5-11(14)10(8-9)12(16)15-13(2)6-3-7-13/h4-5,8H,3,6-7,14H2,1-2H3,(H,15,16). The normalized spacial score (nSPS) is 17.6. The fourth-order valence-electron chi connectivity index (χ4n) is 2.04. The van der Waals surface area contributed by atoms with Gasteiger partial charge in [0.05, 0.1) is 5.56 Å². The molecule has 0 unspecified atom stereocenters. The highest BCUT2D eigenvalue weighted by Crippen LogP contribution is 2.31. The van der Waals surface area contributed by atoms with Crippen LogP contribution in [0.4, 0.5) is 5.69 Å². The lowest BCUT2D eigenvalue weighted by Crippen LogP contribution is -2.51. The topological polar surface area (TPSA) is 55.1 Å². The minimum Gasteiger partial charge on any atom is -0.398 e. The summed E-state index contributed by atoms with van der Waals surface area (Å²) in [5.41, 5.74) is 7.98. The van der Waals surface area contributed by atoms with Gasteiger partial charge < -0.3 is 11.1 Å². The Balaban J connectivity index is 2.17. The van der Waals surface area contributed by atoms with Crippen molar-refractivity contribution < 1.29 is 4.79 Å². The fourth-order valence-corrected chi connectivity index (χ4v) is 2.04. The first-order chi connectivity index (χ1) is 7.50. The van der Waals surface area contributed by atoms with Crippen molar-refractivity contribution in [2.45, 2.75) is 38.6 Å². The van der Waals surface area contributed by atoms with Crippen molar-refractivity contribution in [2.75, 3.05) is 5.73 Å². The highest BCUT2D eigenvalue weighted by Gasteiger charge is 2.33. The number of nitrogens with one attached hydrogen (secondary N) is 1. The Kier molecular flexibility index (Phi) is 2.62. The Morgan fingerprint density at radius 3 is 2.69 bits per heavy atom. The van der Waals surface area contributed by atoms with E-state index in [1.807, 2.05) is 19.1 Å². The van der Waals surface area contributed by atoms with E-state index in [2.05, 4.69) is 12.2 Å². The number of carbonyl (C=O) groups excluding carboxylic acids is 1. The number of carbonyl (C=O) groups is 1. The molecule has 3 heteroatoms. The van der Waals surface area contributed by atoms with Gasteiger partial charge in [-0.1, -0.05) is 11.6 Å². The zero-order chi connectivity index (χ0) is 11.8. The van der Waals surface area contributed by atoms with Gasteiger partial charge in [-0.25, -0.2) is 0 Å². The maximum absolute atomic E-state index is 12.0. The van der Waals surface area contributed by atoms with E-state index in [4.69, 9.17) is 5.73 Å². The van der Waals surface area contributed by atoms with Crippen LogP contribution in [-0.2, 0) is 0 Å². The number of nitrogens with two attached hydrogens (primary N) is 1. The molecule has 1 aromatic carbocycles. The lowest BCUT2D eigenvalue weighted by atomic mass is 9.78. The van der Waals surface area contributed by atoms with Crippen molar-refractivity contribution >= 4 is 11.6 Å². The smallest absolute Gasteiger partial charge is 0.253 e. The summed E-state index contributed by atoms with van der Waals surface area (Å²) in [6.07, 6.45) is 3.31. The van der Waals surface area contributed by atoms with Gasteiger partial charge in [0, 0.05) is 11.2 Å². The van der Waals surface area contributed by atoms with Crippen LogP contribution in [0.3, 0.4) is 0 Å². The number of hydrogen-bond donors (Lipinski definition) is 2. The molecule has 2 rings (SSSR count). The molecule has 1 aromatic rings. The minimum atomic E-state index is -0.0524. The second kappa shape index (κ2) is 3.81. The fraction of sp³-hybridized carbons (Fsp3) is 0.462. The molecule has 0 aliphatic heterocycles. The number of aryl methyl sites for hydroxylation is 1. The SMILES string of the molecule is Cc1ccc(N)c(C(=O)NC2(C)CCC2)c1. The van der Waals surface area contributed by atoms with Crippen LogP contribution in [0.25, 0.3) is 0 Å². The van der Waals surface area contributed by atoms with Crippen LogP contribution < -0.4 is 11.1 Å². The Hall–Kier alpha value is -1.51. The summed E-state index contributed by atoms with van der Waals surface area (Å²) in [6, 6.07) is 5.54. The van der Waals surface area contributed by atoms with Crippen molar-refractivity contribution in [2.24, 2.45) is 0 Å². The second-order valence-electron chi connectivity index (χ2n) is 4.96. The van der Waals surface area contributed by atoms with E-state index < -0.39 is 0 Å². The monoisotopic (exact) mass is 218 g/mol. The molecule has 3 N–H and O–H groups in total. The van der Waals surface area contributed by atoms with E-state index in [0.717, 1.165) is 18.4 Å². The van der Waals surface area contributed by atoms with Gasteiger partial charge >= 0.3 is 0 Å². The van der Waals surface area contributed by atoms with Crippen LogP contribution in [0.5, 0.6) is 0 Å². The van der Waals surface area contributed by atoms with Gasteiger partial charge in [0.2, 0.25) is 0 Å². The van der Waals surface area contributed by atoms with Gasteiger partial charge in [-0.15, -0.1) is 0 Å². The van der Waals surface area contributed by atoms with Crippen LogP contribution >= 0.6 is 0 Å². The third kappa shape index (κ3) is 2.03. The molecule has 0 bridgehead atoms. The molecule has 3 nitrogen and oxygen atoms in total. The molecule has 0 heterocycles. The number of rotatable bonds is 2. The number of nitrogen functional groups attached to an aromatic ring is 1. The molecule has 0 saturated heterocycles. The lowest BCUT2D eigenvalue weighted by Gasteiger charge is -2.39. The largest absolute Gasteiger partial charge is 0.398 e. The average Bonchev–Trinajstić information content (AvgIpc) is 2.19. The molecule has 1 aliphatic carbocycles. The molecule has 16 heavy (non-hydrogen) atoms. The molecular formula is C13H18N2O. The Morgan fingerprint density at radius 1 is 1.44 bits per heavy atom. The van der Waals surface area contributed by atoms with E-state index in [1.54, 1.807) is 6.07 Å². The van der Waals surface area contributed by atoms with Crippen molar-refractivity contribution in [3.63, 3.8) is 0 Å². The lowest BCUT2D eigenvalue weighted by molar-refractivity contribution is 0.0851. The van der Waals surface area contributed by atoms with Crippen LogP contribution in [0.1, 0.15) is 42.1 Å². The molecule has 0 aromatic heterocycles. The van der Waals surface area contributed by atoms with Crippen LogP contribution in [0.2, 0.25) is 0 Å². The minimum absolute atomic E-state index is 0.0206. The number of hydrogen-bond acceptors (Lipinski definition) is 2. The van der Waals surface area contributed by atoms with Crippen LogP contribution in [0, 0.1) is 6.92 Å². The Morgan fingerprint density at radius 2 is 2.12 bits per heavy atom. The summed E-state index contributed by atoms with van der Waals surface area (Å²) in [7, 11) is 0. The van der Waals surface area contributed by atoms with Gasteiger partial charge in [-0.2, -0.15) is 0 Å². The maximum atomic E-state index is 12.0. The summed E-state index contributed by atoms with van der Waals surface area (Å²) in [5.74, 6) is -0.0524. The van der Waals surface area contributed by atoms with E-state index in [0.29, 0.717) is 11.3 Å². The first-order valence-corrected chi connectivity index (χ1v) is 5.69. The maximum Gasteiger partial charge on any atom is 0.253 e. The summed E-state index contributed by atoms with van der Waals surface area (Å²) in [4.78, 5) is 12.0. The van der Waals surface area contributed by atoms with E-state index >= 15 is 0 Å². The van der Waals surface area contributed by atoms with Gasteiger partial charge in [0.25, 0.3) is 5.91 Å². The first kappa shape index (κ1) is 11.0. The first-order valence-electron chi connectivity index (χ1n) is 5.69. The molecule has 0 radical (unpaired) electrons. The molecule has 1 amide bonds. The molecular weight excluding hydrogens is 200 g/mol. The van der Waals surface area contributed by atoms with E-state index in [9.17, 15) is 4.79 Å². The molecule has 1 fully saturated rings. The predicted octanol–water partition coefficient (Wildman–Crippen LogP) is 2.25. The van der Waals surface area contributed by atoms with Gasteiger partial charge in [0.1, 0.15) is 0 Å². The molecule has 86 valence electrons. The summed E-state index contributed by atoms with van der Waals surface area (Å²) < 4.78 is 0. The van der Waals surface area contributed by atoms with Gasteiger partial charge in [0.15, 0.2) is 0 Å². The summed E-state index contributed by atoms with van der Waals surface area (Å²) in [5, 5.41) is 3.06. The highest BCUT2D eigenvalue weighted by molar-refractivity contribution is 5.99. The molecule has 0 spiro atoms. The van der Waals surface area contributed by atoms with E-state index in [1.165, 1.54) is 6.42 Å². The second-order valence-corrected chi connectivity index (χ2v) is 4.96. The number of benzene rings is 1. The van der Waals surface area contributed by atoms with Crippen molar-refractivity contribution in [3.8, 4) is 0 Å². The zero-order valence-corrected chi connectivity index (χ0v) is 9.84. The molecule has 1 aliphatic rings. The van der Waals surface area contributed by atoms with Crippen molar-refractivity contribution in [1.82, 2.24) is 5.32 Å². The zero-order valence-electron chi connectivity index (χ0n) is 9.84. The van der Waals surface area contributed by atoms with Gasteiger partial charge in [-0.3, -0.25) is 4.79 Å². The summed E-state index contributed by atoms with van der Waals surface area (Å²) >= 11 is 0. The number of amides is 1. The van der Waals surface area contributed by atoms with Crippen molar-refractivity contribution in [1.29, 1.82) is 0 Å². The quantitative estimate of drug-likeness (QED) is 0.748. The Bertz CT molecular complexity index is 422. The van der Waals surface area contributed by atoms with Crippen LogP contribution in [0.15, 0.2) is 18.2 Å². The number of anilines is 1. The summed E-state index contributed by atoms with van der Waals surface area (Å²) in [6.45, 7) is 4.04. The third-order valence-corrected chi connectivity index (χ3v) is 3.33. The van der Waals surface area contributed by atoms with Gasteiger partial charge in [-0.05, 0) is 45.2 Å². The molecule has 0 atom stereocenters. The predicted molar refractivity (Wildman–Crippen MR) is 65.3 cm³/mol. The molecule has 1 saturated carbocycles. The third-order valence-electron chi connectivity index (χ3n) is 3.33. The average molecular weight is 218 g/mol. The Labute approximate surface area is 96.0 Å². The van der Waals surface area contributed by atoms with E-state index in [-0.39, 0.29) is 11.4 Å². The van der Waals surface area contributed by atoms with Crippen LogP contribution in [-0.4, -0.2) is 11.4 Å². The van der Waals surface area contributed by atoms with Crippen molar-refractivity contribution in [3.05, 3.63) is 29.3 Å². The highest BCUT2D eigenvalue weighted by atomic mass is 16.1.